The van der Waals surface area contributed by atoms with Gasteiger partial charge in [0, 0.05) is 12.8 Å². The van der Waals surface area contributed by atoms with Crippen LogP contribution in [-0.2, 0) is 19.1 Å². The fourth-order valence-corrected chi connectivity index (χ4v) is 5.35. The van der Waals surface area contributed by atoms with Crippen molar-refractivity contribution < 1.29 is 70.1 Å². The van der Waals surface area contributed by atoms with Crippen LogP contribution in [0.5, 0.6) is 0 Å². The summed E-state index contributed by atoms with van der Waals surface area (Å²) in [7, 11) is 0. The van der Waals surface area contributed by atoms with Crippen molar-refractivity contribution in [3.63, 3.8) is 0 Å². The van der Waals surface area contributed by atoms with Crippen LogP contribution in [0.15, 0.2) is 12.2 Å². The molecular weight excluding hydrogens is 728 g/mol. The summed E-state index contributed by atoms with van der Waals surface area (Å²) >= 11 is 0. The van der Waals surface area contributed by atoms with Gasteiger partial charge in [-0.15, -0.1) is 0 Å². The zero-order chi connectivity index (χ0) is 42.7. The van der Waals surface area contributed by atoms with Gasteiger partial charge in [0.1, 0.15) is 43.2 Å². The molecule has 14 nitrogen and oxygen atoms in total. The molecule has 0 aromatic carbocycles. The number of carbonyl (C=O) groups is 2. The van der Waals surface area contributed by atoms with Crippen molar-refractivity contribution in [1.82, 2.24) is 0 Å². The van der Waals surface area contributed by atoms with Gasteiger partial charge in [-0.25, -0.2) is 0 Å². The van der Waals surface area contributed by atoms with E-state index in [1.54, 1.807) is 0 Å². The summed E-state index contributed by atoms with van der Waals surface area (Å²) in [6.45, 7) is 2.78. The van der Waals surface area contributed by atoms with Crippen molar-refractivity contribution in [3.05, 3.63) is 12.2 Å². The number of carboxylic acid groups (broad SMARTS) is 1. The second kappa shape index (κ2) is 46.0. The van der Waals surface area contributed by atoms with Crippen LogP contribution in [-0.4, -0.2) is 139 Å². The molecule has 0 unspecified atom stereocenters. The van der Waals surface area contributed by atoms with Crippen LogP contribution < -0.4 is 0 Å². The minimum atomic E-state index is -1.14. The van der Waals surface area contributed by atoms with E-state index in [1.165, 1.54) is 109 Å². The predicted octanol–water partition coefficient (Wildman–Crippen LogP) is 4.70. The number of aliphatic hydroxyl groups is 9. The number of aliphatic hydroxyl groups excluding tert-OH is 9. The Morgan fingerprint density at radius 1 is 0.607 bits per heavy atom. The molecule has 0 amide bonds. The van der Waals surface area contributed by atoms with Crippen molar-refractivity contribution in [2.75, 3.05) is 39.6 Å². The second-order valence-electron chi connectivity index (χ2n) is 14.5. The van der Waals surface area contributed by atoms with Crippen LogP contribution in [0.3, 0.4) is 0 Å². The lowest BCUT2D eigenvalue weighted by Crippen LogP contribution is -2.41. The number of unbranched alkanes of at least 4 members (excludes halogenated alkanes) is 19. The zero-order valence-corrected chi connectivity index (χ0v) is 34.9. The Balaban J connectivity index is -0.000000783. The first-order valence-electron chi connectivity index (χ1n) is 21.4. The molecule has 10 N–H and O–H groups in total. The molecule has 0 aliphatic carbocycles. The van der Waals surface area contributed by atoms with Crippen LogP contribution in [0.25, 0.3) is 0 Å². The van der Waals surface area contributed by atoms with Gasteiger partial charge in [0.2, 0.25) is 0 Å². The van der Waals surface area contributed by atoms with Gasteiger partial charge in [0.05, 0.1) is 33.0 Å². The normalized spacial score (nSPS) is 16.8. The first-order chi connectivity index (χ1) is 26.9. The van der Waals surface area contributed by atoms with Gasteiger partial charge in [-0.05, 0) is 38.5 Å². The lowest BCUT2D eigenvalue weighted by molar-refractivity contribution is -0.151. The number of carbonyl (C=O) groups excluding carboxylic acids is 1. The maximum atomic E-state index is 11.6. The molecule has 0 aromatic rings. The maximum Gasteiger partial charge on any atom is 0.305 e. The number of carboxylic acids is 1. The van der Waals surface area contributed by atoms with E-state index in [9.17, 15) is 24.9 Å². The van der Waals surface area contributed by atoms with Crippen molar-refractivity contribution in [1.29, 1.82) is 0 Å². The van der Waals surface area contributed by atoms with Crippen LogP contribution >= 0.6 is 0 Å². The van der Waals surface area contributed by atoms with E-state index in [2.05, 4.69) is 26.0 Å². The summed E-state index contributed by atoms with van der Waals surface area (Å²) in [6.07, 6.45) is 26.2. The van der Waals surface area contributed by atoms with Crippen LogP contribution in [0.2, 0.25) is 0 Å². The highest BCUT2D eigenvalue weighted by Crippen LogP contribution is 2.18. The fourth-order valence-electron chi connectivity index (χ4n) is 5.35. The van der Waals surface area contributed by atoms with Gasteiger partial charge in [0.25, 0.3) is 0 Å². The van der Waals surface area contributed by atoms with Gasteiger partial charge in [-0.2, -0.15) is 0 Å². The van der Waals surface area contributed by atoms with Gasteiger partial charge < -0.3 is 60.5 Å². The molecule has 0 aromatic heterocycles. The van der Waals surface area contributed by atoms with Crippen molar-refractivity contribution in [2.24, 2.45) is 0 Å². The Labute approximate surface area is 338 Å². The van der Waals surface area contributed by atoms with Gasteiger partial charge in [0.15, 0.2) is 0 Å². The second-order valence-corrected chi connectivity index (χ2v) is 14.5. The minimum Gasteiger partial charge on any atom is -0.481 e. The molecule has 14 heteroatoms. The average Bonchev–Trinajstić information content (AvgIpc) is 3.54. The molecule has 1 fully saturated rings. The fraction of sp³-hybridized carbons (Fsp3) is 0.905. The summed E-state index contributed by atoms with van der Waals surface area (Å²) in [5.41, 5.74) is 0. The van der Waals surface area contributed by atoms with Gasteiger partial charge in [-0.3, -0.25) is 9.59 Å². The topological polar surface area (TPSA) is 255 Å². The number of esters is 1. The minimum absolute atomic E-state index is 0.0186. The van der Waals surface area contributed by atoms with Crippen LogP contribution in [0.1, 0.15) is 168 Å². The standard InChI is InChI=1S/C18H34O6.C18H34O2.2C3H8O3/c1-2-3-4-5-6-7-8-9-10-11-16(21)23-13-15(20)18-17(22)14(19)12-24-18;1-2-3-4-5-6-7-8-9-10-11-12-13-14-15-16-17-18(19)20;2*4-1-3(6)2-5/h14-15,17-20,22H,2-13H2,1H3;9-10H,2-8,11-17H2,1H3,(H,19,20);2*3-6H,1-2H2/b;10-9-;;/t14-,15+,17+,18+;;;/m0.../s1. The summed E-state index contributed by atoms with van der Waals surface area (Å²) in [6, 6.07) is 0. The number of aliphatic carboxylic acids is 1. The highest BCUT2D eigenvalue weighted by molar-refractivity contribution is 5.69. The largest absolute Gasteiger partial charge is 0.481 e. The summed E-state index contributed by atoms with van der Waals surface area (Å²) in [4.78, 5) is 22.0. The van der Waals surface area contributed by atoms with E-state index in [4.69, 9.17) is 45.2 Å². The zero-order valence-electron chi connectivity index (χ0n) is 34.9. The lowest BCUT2D eigenvalue weighted by Gasteiger charge is -2.20. The molecular formula is C42H84O14. The Hall–Kier alpha value is -1.72. The number of hydrogen-bond donors (Lipinski definition) is 10. The Morgan fingerprint density at radius 2 is 0.982 bits per heavy atom. The SMILES string of the molecule is CCCCCCCC/C=C\CCCCCCCC(=O)O.CCCCCCCCCCCC(=O)OC[C@@H](O)[C@H]1OC[C@H](O)[C@H]1O.OCC(O)CO.OCC(O)CO. The third-order valence-electron chi connectivity index (χ3n) is 8.96. The van der Waals surface area contributed by atoms with E-state index < -0.39 is 42.6 Å². The molecule has 1 aliphatic heterocycles. The van der Waals surface area contributed by atoms with Crippen LogP contribution in [0, 0.1) is 0 Å². The Bertz CT molecular complexity index is 828. The molecule has 1 saturated heterocycles. The first-order valence-corrected chi connectivity index (χ1v) is 21.4. The number of rotatable bonds is 32. The number of hydrogen-bond acceptors (Lipinski definition) is 13. The lowest BCUT2D eigenvalue weighted by atomic mass is 10.1. The summed E-state index contributed by atoms with van der Waals surface area (Å²) < 4.78 is 10.1. The van der Waals surface area contributed by atoms with E-state index in [-0.39, 0.29) is 45.6 Å². The van der Waals surface area contributed by atoms with Crippen molar-refractivity contribution >= 4 is 11.9 Å². The molecule has 0 saturated carbocycles. The molecule has 1 heterocycles. The van der Waals surface area contributed by atoms with Crippen molar-refractivity contribution in [3.8, 4) is 0 Å². The quantitative estimate of drug-likeness (QED) is 0.0251. The summed E-state index contributed by atoms with van der Waals surface area (Å²) in [5.74, 6) is -1.01. The Morgan fingerprint density at radius 3 is 1.32 bits per heavy atom. The molecule has 4 atom stereocenters. The third-order valence-corrected chi connectivity index (χ3v) is 8.96. The van der Waals surface area contributed by atoms with Crippen LogP contribution in [0.4, 0.5) is 0 Å². The Kier molecular flexibility index (Phi) is 48.1. The van der Waals surface area contributed by atoms with Gasteiger partial charge >= 0.3 is 11.9 Å². The first kappa shape index (κ1) is 58.6. The molecule has 1 aliphatic rings. The van der Waals surface area contributed by atoms with E-state index in [0.717, 1.165) is 32.1 Å². The molecule has 56 heavy (non-hydrogen) atoms. The number of ether oxygens (including phenoxy) is 2. The average molecular weight is 813 g/mol. The highest BCUT2D eigenvalue weighted by Gasteiger charge is 2.39. The molecule has 336 valence electrons. The monoisotopic (exact) mass is 813 g/mol. The van der Waals surface area contributed by atoms with E-state index in [1.807, 2.05) is 0 Å². The number of allylic oxidation sites excluding steroid dienone is 2. The predicted molar refractivity (Wildman–Crippen MR) is 218 cm³/mol. The van der Waals surface area contributed by atoms with Gasteiger partial charge in [-0.1, -0.05) is 129 Å². The molecule has 1 rings (SSSR count). The smallest absolute Gasteiger partial charge is 0.305 e. The summed E-state index contributed by atoms with van der Waals surface area (Å²) in [5, 5.41) is 85.3. The van der Waals surface area contributed by atoms with Crippen molar-refractivity contribution in [2.45, 2.75) is 205 Å². The molecule has 0 bridgehead atoms. The van der Waals surface area contributed by atoms with E-state index >= 15 is 0 Å². The van der Waals surface area contributed by atoms with E-state index in [0.29, 0.717) is 12.8 Å². The maximum absolute atomic E-state index is 11.6. The third kappa shape index (κ3) is 43.4. The highest BCUT2D eigenvalue weighted by atomic mass is 16.6. The molecule has 0 spiro atoms. The molecule has 0 radical (unpaired) electrons.